The van der Waals surface area contributed by atoms with Crippen molar-refractivity contribution < 1.29 is 19.5 Å². The molecule has 1 heterocycles. The predicted octanol–water partition coefficient (Wildman–Crippen LogP) is 2.36. The van der Waals surface area contributed by atoms with Crippen LogP contribution in [0.2, 0.25) is 0 Å². The van der Waals surface area contributed by atoms with Crippen molar-refractivity contribution in [2.45, 2.75) is 51.6 Å². The second-order valence-corrected chi connectivity index (χ2v) is 7.30. The fourth-order valence-corrected chi connectivity index (χ4v) is 3.11. The summed E-state index contributed by atoms with van der Waals surface area (Å²) in [6.45, 7) is 5.95. The van der Waals surface area contributed by atoms with E-state index in [1.54, 1.807) is 18.7 Å². The van der Waals surface area contributed by atoms with E-state index in [9.17, 15) is 14.4 Å². The molecule has 0 bridgehead atoms. The average Bonchev–Trinajstić information content (AvgIpc) is 2.95. The minimum atomic E-state index is -0.888. The zero-order valence-electron chi connectivity index (χ0n) is 15.0. The van der Waals surface area contributed by atoms with Gasteiger partial charge in [-0.25, -0.2) is 0 Å². The molecule has 2 N–H and O–H groups in total. The summed E-state index contributed by atoms with van der Waals surface area (Å²) in [6.07, 6.45) is 0.533. The van der Waals surface area contributed by atoms with Crippen molar-refractivity contribution in [3.8, 4) is 0 Å². The van der Waals surface area contributed by atoms with Gasteiger partial charge in [0.2, 0.25) is 11.8 Å². The van der Waals surface area contributed by atoms with Gasteiger partial charge in [-0.15, -0.1) is 0 Å². The second-order valence-electron chi connectivity index (χ2n) is 7.30. The van der Waals surface area contributed by atoms with Crippen LogP contribution in [-0.4, -0.2) is 39.9 Å². The molecule has 1 fully saturated rings. The van der Waals surface area contributed by atoms with E-state index in [2.05, 4.69) is 5.32 Å². The number of carboxylic acids is 1. The third-order valence-corrected chi connectivity index (χ3v) is 4.70. The van der Waals surface area contributed by atoms with Crippen LogP contribution in [0.1, 0.15) is 51.6 Å². The molecular weight excluding hydrogens is 320 g/mol. The van der Waals surface area contributed by atoms with Crippen LogP contribution in [-0.2, 0) is 14.4 Å². The summed E-state index contributed by atoms with van der Waals surface area (Å²) in [7, 11) is 0. The summed E-state index contributed by atoms with van der Waals surface area (Å²) in [5.41, 5.74) is 0.426. The van der Waals surface area contributed by atoms with Gasteiger partial charge in [0.15, 0.2) is 0 Å². The second kappa shape index (κ2) is 7.68. The van der Waals surface area contributed by atoms with E-state index in [1.807, 2.05) is 37.3 Å². The number of carbonyl (C=O) groups excluding carboxylic acids is 2. The highest BCUT2D eigenvalue weighted by atomic mass is 16.4. The lowest BCUT2D eigenvalue weighted by atomic mass is 9.96. The summed E-state index contributed by atoms with van der Waals surface area (Å²) in [4.78, 5) is 37.3. The van der Waals surface area contributed by atoms with Gasteiger partial charge in [-0.2, -0.15) is 0 Å². The number of carbonyl (C=O) groups is 3. The number of hydrogen-bond acceptors (Lipinski definition) is 3. The maximum absolute atomic E-state index is 12.5. The molecule has 1 saturated heterocycles. The molecule has 0 radical (unpaired) electrons. The number of aliphatic carboxylic acids is 1. The van der Waals surface area contributed by atoms with Gasteiger partial charge in [-0.3, -0.25) is 14.4 Å². The SMILES string of the molecule is C[C@H](c1ccccc1)N1C[C@H](C(=O)NC(C)(C)CCC(=O)O)CC1=O. The molecule has 2 atom stereocenters. The molecule has 2 rings (SSSR count). The highest BCUT2D eigenvalue weighted by Crippen LogP contribution is 2.29. The molecule has 0 spiro atoms. The van der Waals surface area contributed by atoms with Crippen LogP contribution in [0.15, 0.2) is 30.3 Å². The smallest absolute Gasteiger partial charge is 0.303 e. The van der Waals surface area contributed by atoms with Crippen LogP contribution >= 0.6 is 0 Å². The van der Waals surface area contributed by atoms with Gasteiger partial charge in [0.1, 0.15) is 0 Å². The lowest BCUT2D eigenvalue weighted by molar-refractivity contribution is -0.138. The van der Waals surface area contributed by atoms with Crippen molar-refractivity contribution in [3.05, 3.63) is 35.9 Å². The van der Waals surface area contributed by atoms with Gasteiger partial charge in [-0.1, -0.05) is 30.3 Å². The topological polar surface area (TPSA) is 86.7 Å². The monoisotopic (exact) mass is 346 g/mol. The zero-order valence-corrected chi connectivity index (χ0v) is 15.0. The van der Waals surface area contributed by atoms with Gasteiger partial charge < -0.3 is 15.3 Å². The predicted molar refractivity (Wildman–Crippen MR) is 93.8 cm³/mol. The molecule has 0 aliphatic carbocycles. The highest BCUT2D eigenvalue weighted by molar-refractivity contribution is 5.89. The molecule has 25 heavy (non-hydrogen) atoms. The van der Waals surface area contributed by atoms with Crippen LogP contribution in [0.3, 0.4) is 0 Å². The van der Waals surface area contributed by atoms with Gasteiger partial charge in [-0.05, 0) is 32.8 Å². The average molecular weight is 346 g/mol. The molecule has 6 heteroatoms. The maximum atomic E-state index is 12.5. The lowest BCUT2D eigenvalue weighted by Gasteiger charge is -2.28. The Kier molecular flexibility index (Phi) is 5.82. The van der Waals surface area contributed by atoms with E-state index in [1.165, 1.54) is 0 Å². The number of carboxylic acid groups (broad SMARTS) is 1. The van der Waals surface area contributed by atoms with Crippen molar-refractivity contribution in [2.24, 2.45) is 5.92 Å². The molecule has 2 amide bonds. The lowest BCUT2D eigenvalue weighted by Crippen LogP contribution is -2.47. The first kappa shape index (κ1) is 19.0. The Labute approximate surface area is 148 Å². The first-order chi connectivity index (χ1) is 11.7. The Balaban J connectivity index is 1.97. The summed E-state index contributed by atoms with van der Waals surface area (Å²) >= 11 is 0. The molecule has 1 aromatic carbocycles. The molecule has 6 nitrogen and oxygen atoms in total. The minimum absolute atomic E-state index is 0.00591. The molecule has 1 aliphatic heterocycles. The fourth-order valence-electron chi connectivity index (χ4n) is 3.11. The van der Waals surface area contributed by atoms with Crippen LogP contribution in [0, 0.1) is 5.92 Å². The number of nitrogens with zero attached hydrogens (tertiary/aromatic N) is 1. The number of benzene rings is 1. The van der Waals surface area contributed by atoms with Crippen LogP contribution in [0.25, 0.3) is 0 Å². The van der Waals surface area contributed by atoms with E-state index in [4.69, 9.17) is 5.11 Å². The van der Waals surface area contributed by atoms with E-state index < -0.39 is 17.4 Å². The van der Waals surface area contributed by atoms with Crippen LogP contribution < -0.4 is 5.32 Å². The summed E-state index contributed by atoms with van der Waals surface area (Å²) in [5, 5.41) is 11.7. The number of rotatable bonds is 7. The molecule has 136 valence electrons. The number of likely N-dealkylation sites (tertiary alicyclic amines) is 1. The molecule has 1 aliphatic rings. The normalized spacial score (nSPS) is 18.9. The molecule has 0 saturated carbocycles. The Hall–Kier alpha value is -2.37. The molecule has 0 aromatic heterocycles. The van der Waals surface area contributed by atoms with Crippen LogP contribution in [0.5, 0.6) is 0 Å². The van der Waals surface area contributed by atoms with Crippen molar-refractivity contribution in [1.29, 1.82) is 0 Å². The van der Waals surface area contributed by atoms with E-state index in [0.717, 1.165) is 5.56 Å². The van der Waals surface area contributed by atoms with Crippen molar-refractivity contribution >= 4 is 17.8 Å². The van der Waals surface area contributed by atoms with Crippen molar-refractivity contribution in [2.75, 3.05) is 6.54 Å². The summed E-state index contributed by atoms with van der Waals surface area (Å²) in [5.74, 6) is -1.50. The van der Waals surface area contributed by atoms with Gasteiger partial charge in [0, 0.05) is 24.9 Å². The van der Waals surface area contributed by atoms with Crippen molar-refractivity contribution in [3.63, 3.8) is 0 Å². The Morgan fingerprint density at radius 1 is 1.32 bits per heavy atom. The molecular formula is C19H26N2O4. The fraction of sp³-hybridized carbons (Fsp3) is 0.526. The van der Waals surface area contributed by atoms with E-state index in [0.29, 0.717) is 13.0 Å². The van der Waals surface area contributed by atoms with Gasteiger partial charge in [0.25, 0.3) is 0 Å². The van der Waals surface area contributed by atoms with Crippen molar-refractivity contribution in [1.82, 2.24) is 10.2 Å². The third kappa shape index (κ3) is 5.05. The quantitative estimate of drug-likeness (QED) is 0.793. The van der Waals surface area contributed by atoms with Gasteiger partial charge >= 0.3 is 5.97 Å². The zero-order chi connectivity index (χ0) is 18.6. The Bertz CT molecular complexity index is 642. The first-order valence-electron chi connectivity index (χ1n) is 8.58. The Morgan fingerprint density at radius 2 is 1.96 bits per heavy atom. The first-order valence-corrected chi connectivity index (χ1v) is 8.58. The van der Waals surface area contributed by atoms with E-state index in [-0.39, 0.29) is 30.7 Å². The molecule has 1 aromatic rings. The summed E-state index contributed by atoms with van der Waals surface area (Å²) < 4.78 is 0. The minimum Gasteiger partial charge on any atom is -0.481 e. The standard InChI is InChI=1S/C19H26N2O4/c1-13(14-7-5-4-6-8-14)21-12-15(11-16(21)22)18(25)20-19(2,3)10-9-17(23)24/h4-8,13,15H,9-12H2,1-3H3,(H,20,25)(H,23,24)/t13-,15-/m1/s1. The van der Waals surface area contributed by atoms with E-state index >= 15 is 0 Å². The highest BCUT2D eigenvalue weighted by Gasteiger charge is 2.38. The third-order valence-electron chi connectivity index (χ3n) is 4.70. The number of amides is 2. The largest absolute Gasteiger partial charge is 0.481 e. The number of nitrogens with one attached hydrogen (secondary N) is 1. The van der Waals surface area contributed by atoms with Crippen LogP contribution in [0.4, 0.5) is 0 Å². The molecule has 0 unspecified atom stereocenters. The Morgan fingerprint density at radius 3 is 2.56 bits per heavy atom. The maximum Gasteiger partial charge on any atom is 0.303 e. The van der Waals surface area contributed by atoms with Gasteiger partial charge in [0.05, 0.1) is 12.0 Å². The summed E-state index contributed by atoms with van der Waals surface area (Å²) in [6, 6.07) is 9.66. The number of hydrogen-bond donors (Lipinski definition) is 2.